The van der Waals surface area contributed by atoms with Crippen molar-refractivity contribution < 1.29 is 13.9 Å². The van der Waals surface area contributed by atoms with Crippen LogP contribution in [0.1, 0.15) is 21.5 Å². The van der Waals surface area contributed by atoms with Gasteiger partial charge in [-0.15, -0.1) is 11.8 Å². The first-order chi connectivity index (χ1) is 14.1. The van der Waals surface area contributed by atoms with Crippen molar-refractivity contribution >= 4 is 35.3 Å². The summed E-state index contributed by atoms with van der Waals surface area (Å²) in [6.07, 6.45) is 1.88. The van der Waals surface area contributed by atoms with Crippen molar-refractivity contribution in [3.8, 4) is 0 Å². The second-order valence-corrected chi connectivity index (χ2v) is 7.72. The minimum absolute atomic E-state index is 0.296. The summed E-state index contributed by atoms with van der Waals surface area (Å²) in [5, 5.41) is 4.28. The molecular weight excluding hydrogens is 409 g/mol. The first-order valence-electron chi connectivity index (χ1n) is 8.80. The molecule has 3 rings (SSSR count). The number of nitrogens with zero attached hydrogens (tertiary/aromatic N) is 2. The molecule has 0 saturated heterocycles. The van der Waals surface area contributed by atoms with Crippen molar-refractivity contribution in [3.05, 3.63) is 77.1 Å². The maximum absolute atomic E-state index is 13.1. The van der Waals surface area contributed by atoms with Crippen LogP contribution in [0.2, 0.25) is 0 Å². The fraction of sp³-hybridized carbons (Fsp3) is 0.190. The number of hydrogen-bond acceptors (Lipinski definition) is 7. The Bertz CT molecular complexity index is 970. The van der Waals surface area contributed by atoms with Crippen molar-refractivity contribution in [1.82, 2.24) is 9.97 Å². The lowest BCUT2D eigenvalue weighted by atomic mass is 10.2. The highest BCUT2D eigenvalue weighted by Gasteiger charge is 2.22. The van der Waals surface area contributed by atoms with E-state index in [2.05, 4.69) is 15.3 Å². The summed E-state index contributed by atoms with van der Waals surface area (Å²) in [5.74, 6) is 0.258. The molecule has 150 valence electrons. The predicted molar refractivity (Wildman–Crippen MR) is 115 cm³/mol. The molecule has 0 bridgehead atoms. The summed E-state index contributed by atoms with van der Waals surface area (Å²) in [6, 6.07) is 16.1. The maximum Gasteiger partial charge on any atom is 0.344 e. The van der Waals surface area contributed by atoms with Crippen LogP contribution in [0.4, 0.5) is 10.2 Å². The van der Waals surface area contributed by atoms with Gasteiger partial charge in [0.25, 0.3) is 0 Å². The van der Waals surface area contributed by atoms with Gasteiger partial charge >= 0.3 is 5.97 Å². The Balaban J connectivity index is 1.90. The lowest BCUT2D eigenvalue weighted by Crippen LogP contribution is -2.13. The summed E-state index contributed by atoms with van der Waals surface area (Å²) >= 11 is 2.85. The molecule has 0 fully saturated rings. The summed E-state index contributed by atoms with van der Waals surface area (Å²) < 4.78 is 18.1. The molecule has 0 amide bonds. The molecule has 0 radical (unpaired) electrons. The van der Waals surface area contributed by atoms with E-state index in [-0.39, 0.29) is 5.82 Å². The van der Waals surface area contributed by atoms with Gasteiger partial charge in [-0.05, 0) is 29.5 Å². The molecule has 0 unspecified atom stereocenters. The summed E-state index contributed by atoms with van der Waals surface area (Å²) in [6.45, 7) is 0.387. The molecule has 2 aromatic carbocycles. The molecule has 0 spiro atoms. The van der Waals surface area contributed by atoms with Crippen LogP contribution in [0.25, 0.3) is 0 Å². The number of carbonyl (C=O) groups excluding carboxylic acids is 1. The van der Waals surface area contributed by atoms with Gasteiger partial charge < -0.3 is 10.1 Å². The topological polar surface area (TPSA) is 64.1 Å². The number of aromatic nitrogens is 2. The second kappa shape index (κ2) is 10.3. The molecule has 0 saturated carbocycles. The number of nitrogens with one attached hydrogen (secondary N) is 1. The van der Waals surface area contributed by atoms with E-state index in [1.807, 2.05) is 36.6 Å². The average Bonchev–Trinajstić information content (AvgIpc) is 2.77. The lowest BCUT2D eigenvalue weighted by molar-refractivity contribution is 0.0596. The van der Waals surface area contributed by atoms with Gasteiger partial charge in [0.2, 0.25) is 0 Å². The van der Waals surface area contributed by atoms with Crippen molar-refractivity contribution in [2.24, 2.45) is 0 Å². The molecule has 0 aliphatic carbocycles. The minimum Gasteiger partial charge on any atom is -0.465 e. The number of ether oxygens (including phenoxy) is 1. The molecular formula is C21H20FN3O2S2. The van der Waals surface area contributed by atoms with Crippen LogP contribution in [0.3, 0.4) is 0 Å². The highest BCUT2D eigenvalue weighted by Crippen LogP contribution is 2.31. The van der Waals surface area contributed by atoms with Gasteiger partial charge in [-0.3, -0.25) is 0 Å². The minimum atomic E-state index is -0.505. The number of methoxy groups -OCH3 is 1. The van der Waals surface area contributed by atoms with Crippen LogP contribution < -0.4 is 5.32 Å². The Morgan fingerprint density at radius 1 is 1.07 bits per heavy atom. The third-order valence-corrected chi connectivity index (χ3v) is 5.61. The van der Waals surface area contributed by atoms with Gasteiger partial charge in [-0.1, -0.05) is 54.2 Å². The highest BCUT2D eigenvalue weighted by molar-refractivity contribution is 7.99. The molecule has 0 atom stereocenters. The molecule has 1 aromatic heterocycles. The maximum atomic E-state index is 13.1. The number of thioether (sulfide) groups is 2. The normalized spacial score (nSPS) is 10.6. The van der Waals surface area contributed by atoms with E-state index in [9.17, 15) is 9.18 Å². The Kier molecular flexibility index (Phi) is 7.48. The van der Waals surface area contributed by atoms with E-state index in [0.29, 0.717) is 33.9 Å². The molecule has 5 nitrogen and oxygen atoms in total. The SMILES string of the molecule is COC(=O)c1c(NCc2ccc(F)cc2)nc(SC)nc1SCc1ccccc1. The van der Waals surface area contributed by atoms with E-state index < -0.39 is 5.97 Å². The van der Waals surface area contributed by atoms with E-state index in [1.54, 1.807) is 12.1 Å². The van der Waals surface area contributed by atoms with Crippen LogP contribution in [0.5, 0.6) is 0 Å². The fourth-order valence-corrected chi connectivity index (χ4v) is 3.94. The first-order valence-corrected chi connectivity index (χ1v) is 11.0. The molecule has 0 aliphatic heterocycles. The molecule has 3 aromatic rings. The van der Waals surface area contributed by atoms with Gasteiger partial charge in [0, 0.05) is 12.3 Å². The van der Waals surface area contributed by atoms with Crippen LogP contribution in [0, 0.1) is 5.82 Å². The van der Waals surface area contributed by atoms with E-state index >= 15 is 0 Å². The molecule has 1 N–H and O–H groups in total. The van der Waals surface area contributed by atoms with Crippen molar-refractivity contribution in [3.63, 3.8) is 0 Å². The standard InChI is InChI=1S/C21H20FN3O2S2/c1-27-20(26)17-18(23-12-14-8-10-16(22)11-9-14)24-21(28-2)25-19(17)29-13-15-6-4-3-5-7-15/h3-11H,12-13H2,1-2H3,(H,23,24,25). The number of hydrogen-bond donors (Lipinski definition) is 1. The largest absolute Gasteiger partial charge is 0.465 e. The second-order valence-electron chi connectivity index (χ2n) is 5.98. The lowest BCUT2D eigenvalue weighted by Gasteiger charge is -2.14. The van der Waals surface area contributed by atoms with Crippen LogP contribution in [-0.4, -0.2) is 29.3 Å². The van der Waals surface area contributed by atoms with Gasteiger partial charge in [-0.25, -0.2) is 19.2 Å². The number of anilines is 1. The van der Waals surface area contributed by atoms with Crippen LogP contribution in [0.15, 0.2) is 64.8 Å². The fourth-order valence-electron chi connectivity index (χ4n) is 2.54. The highest BCUT2D eigenvalue weighted by atomic mass is 32.2. The third-order valence-electron chi connectivity index (χ3n) is 4.02. The van der Waals surface area contributed by atoms with Gasteiger partial charge in [0.1, 0.15) is 22.2 Å². The summed E-state index contributed by atoms with van der Waals surface area (Å²) in [7, 11) is 1.33. The van der Waals surface area contributed by atoms with E-state index in [4.69, 9.17) is 4.74 Å². The number of esters is 1. The quantitative estimate of drug-likeness (QED) is 0.233. The Morgan fingerprint density at radius 2 is 1.79 bits per heavy atom. The number of rotatable bonds is 8. The van der Waals surface area contributed by atoms with E-state index in [0.717, 1.165) is 11.1 Å². The summed E-state index contributed by atoms with van der Waals surface area (Å²) in [4.78, 5) is 21.5. The Hall–Kier alpha value is -2.58. The van der Waals surface area contributed by atoms with Crippen molar-refractivity contribution in [2.75, 3.05) is 18.7 Å². The monoisotopic (exact) mass is 429 g/mol. The molecule has 8 heteroatoms. The number of carbonyl (C=O) groups is 1. The zero-order valence-corrected chi connectivity index (χ0v) is 17.6. The Morgan fingerprint density at radius 3 is 2.45 bits per heavy atom. The zero-order chi connectivity index (χ0) is 20.6. The van der Waals surface area contributed by atoms with Crippen LogP contribution >= 0.6 is 23.5 Å². The Labute approximate surface area is 177 Å². The van der Waals surface area contributed by atoms with Crippen molar-refractivity contribution in [2.45, 2.75) is 22.5 Å². The van der Waals surface area contributed by atoms with Gasteiger partial charge in [0.15, 0.2) is 5.16 Å². The van der Waals surface area contributed by atoms with Gasteiger partial charge in [-0.2, -0.15) is 0 Å². The third kappa shape index (κ3) is 5.71. The van der Waals surface area contributed by atoms with Crippen molar-refractivity contribution in [1.29, 1.82) is 0 Å². The molecule has 29 heavy (non-hydrogen) atoms. The molecule has 0 aliphatic rings. The predicted octanol–water partition coefficient (Wildman–Crippen LogP) is 5.03. The smallest absolute Gasteiger partial charge is 0.344 e. The first kappa shape index (κ1) is 21.1. The number of benzene rings is 2. The summed E-state index contributed by atoms with van der Waals surface area (Å²) in [5.41, 5.74) is 2.29. The zero-order valence-electron chi connectivity index (χ0n) is 16.0. The molecule has 1 heterocycles. The van der Waals surface area contributed by atoms with Crippen LogP contribution in [-0.2, 0) is 17.0 Å². The van der Waals surface area contributed by atoms with E-state index in [1.165, 1.54) is 42.8 Å². The number of halogens is 1. The average molecular weight is 430 g/mol. The van der Waals surface area contributed by atoms with Gasteiger partial charge in [0.05, 0.1) is 7.11 Å².